The Hall–Kier alpha value is -3.66. The maximum Gasteiger partial charge on any atom is 0.416 e. The Balaban J connectivity index is 1.56. The number of aromatic nitrogens is 3. The lowest BCUT2D eigenvalue weighted by molar-refractivity contribution is -0.137. The van der Waals surface area contributed by atoms with Gasteiger partial charge >= 0.3 is 6.18 Å². The molecule has 35 heavy (non-hydrogen) atoms. The van der Waals surface area contributed by atoms with Gasteiger partial charge in [0.05, 0.1) is 47.4 Å². The van der Waals surface area contributed by atoms with Crippen molar-refractivity contribution in [2.75, 3.05) is 19.4 Å². The van der Waals surface area contributed by atoms with E-state index in [1.165, 1.54) is 6.07 Å². The van der Waals surface area contributed by atoms with Gasteiger partial charge in [0, 0.05) is 12.6 Å². The molecule has 4 aromatic rings. The zero-order valence-electron chi connectivity index (χ0n) is 19.4. The minimum absolute atomic E-state index is 0.271. The number of anilines is 1. The monoisotopic (exact) mass is 483 g/mol. The number of ether oxygens (including phenoxy) is 1. The van der Waals surface area contributed by atoms with Crippen LogP contribution in [0.5, 0.6) is 0 Å². The van der Waals surface area contributed by atoms with Crippen molar-refractivity contribution in [3.63, 3.8) is 0 Å². The average molecular weight is 483 g/mol. The quantitative estimate of drug-likeness (QED) is 0.436. The first kappa shape index (κ1) is 23.1. The first-order chi connectivity index (χ1) is 16.5. The predicted octanol–water partition coefficient (Wildman–Crippen LogP) is 4.95. The van der Waals surface area contributed by atoms with Gasteiger partial charge in [-0.2, -0.15) is 13.2 Å². The van der Waals surface area contributed by atoms with Gasteiger partial charge in [0.2, 0.25) is 0 Å². The highest BCUT2D eigenvalue weighted by Crippen LogP contribution is 2.41. The Labute approximate surface area is 199 Å². The molecule has 0 fully saturated rings. The summed E-state index contributed by atoms with van der Waals surface area (Å²) in [6, 6.07) is 8.30. The van der Waals surface area contributed by atoms with Gasteiger partial charge in [0.15, 0.2) is 0 Å². The van der Waals surface area contributed by atoms with Gasteiger partial charge in [-0.1, -0.05) is 6.07 Å². The Bertz CT molecular complexity index is 1460. The predicted molar refractivity (Wildman–Crippen MR) is 125 cm³/mol. The number of fused-ring (bicyclic) bond motifs is 4. The molecule has 3 heterocycles. The van der Waals surface area contributed by atoms with Gasteiger partial charge in [-0.15, -0.1) is 0 Å². The lowest BCUT2D eigenvalue weighted by atomic mass is 9.87. The van der Waals surface area contributed by atoms with Crippen LogP contribution in [0, 0.1) is 0 Å². The molecular formula is C25H24F3N5O2. The molecule has 7 nitrogen and oxygen atoms in total. The molecule has 1 amide bonds. The van der Waals surface area contributed by atoms with Gasteiger partial charge in [-0.05, 0) is 61.7 Å². The van der Waals surface area contributed by atoms with Crippen molar-refractivity contribution in [2.45, 2.75) is 38.1 Å². The number of nitrogen functional groups attached to an aromatic ring is 1. The third-order valence-electron chi connectivity index (χ3n) is 6.65. The molecule has 0 aliphatic carbocycles. The fourth-order valence-electron chi connectivity index (χ4n) is 4.76. The van der Waals surface area contributed by atoms with E-state index in [0.29, 0.717) is 52.1 Å². The van der Waals surface area contributed by atoms with Crippen LogP contribution >= 0.6 is 0 Å². The smallest absolute Gasteiger partial charge is 0.382 e. The first-order valence-electron chi connectivity index (χ1n) is 11.1. The Morgan fingerprint density at radius 1 is 1.20 bits per heavy atom. The van der Waals surface area contributed by atoms with Crippen molar-refractivity contribution >= 4 is 28.3 Å². The fourth-order valence-corrected chi connectivity index (χ4v) is 4.76. The molecule has 0 bridgehead atoms. The Kier molecular flexibility index (Phi) is 5.24. The molecule has 182 valence electrons. The van der Waals surface area contributed by atoms with E-state index in [1.807, 2.05) is 0 Å². The molecule has 1 aliphatic rings. The van der Waals surface area contributed by atoms with E-state index in [-0.39, 0.29) is 5.91 Å². The summed E-state index contributed by atoms with van der Waals surface area (Å²) in [6.45, 7) is 3.78. The highest BCUT2D eigenvalue weighted by molar-refractivity contribution is 5.98. The first-order valence-corrected chi connectivity index (χ1v) is 11.1. The minimum Gasteiger partial charge on any atom is -0.382 e. The van der Waals surface area contributed by atoms with E-state index in [4.69, 9.17) is 10.5 Å². The molecule has 2 aromatic carbocycles. The van der Waals surface area contributed by atoms with Crippen molar-refractivity contribution in [3.05, 3.63) is 71.2 Å². The minimum atomic E-state index is -4.48. The summed E-state index contributed by atoms with van der Waals surface area (Å²) in [7, 11) is 1.66. The Morgan fingerprint density at radius 3 is 2.71 bits per heavy atom. The van der Waals surface area contributed by atoms with Crippen LogP contribution in [-0.4, -0.2) is 38.8 Å². The van der Waals surface area contributed by atoms with Gasteiger partial charge in [0.25, 0.3) is 5.91 Å². The number of benzene rings is 2. The van der Waals surface area contributed by atoms with E-state index in [0.717, 1.165) is 12.1 Å². The summed E-state index contributed by atoms with van der Waals surface area (Å²) in [4.78, 5) is 23.6. The summed E-state index contributed by atoms with van der Waals surface area (Å²) in [5, 5.41) is 0. The normalized spacial score (nSPS) is 17.8. The van der Waals surface area contributed by atoms with Crippen LogP contribution in [0.15, 0.2) is 48.9 Å². The van der Waals surface area contributed by atoms with Gasteiger partial charge in [-0.25, -0.2) is 9.97 Å². The molecule has 2 N–H and O–H groups in total. The SMILES string of the molecule is CN(C(=O)c1ccc2nc(N)c3cncn3c2c1)[C@@H]1CCOC(C)(C)c2cc(C(F)(F)F)ccc21. The number of carbonyl (C=O) groups excluding carboxylic acids is 1. The number of hydrogen-bond acceptors (Lipinski definition) is 5. The van der Waals surface area contributed by atoms with Crippen molar-refractivity contribution in [1.82, 2.24) is 19.3 Å². The van der Waals surface area contributed by atoms with Crippen LogP contribution < -0.4 is 5.73 Å². The molecule has 0 saturated carbocycles. The van der Waals surface area contributed by atoms with Crippen LogP contribution in [0.25, 0.3) is 16.6 Å². The number of halogens is 3. The average Bonchev–Trinajstić information content (AvgIpc) is 3.26. The number of amides is 1. The maximum atomic E-state index is 13.6. The molecule has 0 saturated heterocycles. The van der Waals surface area contributed by atoms with Crippen LogP contribution in [0.2, 0.25) is 0 Å². The van der Waals surface area contributed by atoms with E-state index in [2.05, 4.69) is 9.97 Å². The topological polar surface area (TPSA) is 85.8 Å². The number of imidazole rings is 1. The second-order valence-electron chi connectivity index (χ2n) is 9.23. The van der Waals surface area contributed by atoms with E-state index < -0.39 is 23.4 Å². The molecule has 0 unspecified atom stereocenters. The number of rotatable bonds is 2. The van der Waals surface area contributed by atoms with Crippen LogP contribution in [0.1, 0.15) is 53.4 Å². The maximum absolute atomic E-state index is 13.6. The van der Waals surface area contributed by atoms with Crippen molar-refractivity contribution in [3.8, 4) is 0 Å². The summed E-state index contributed by atoms with van der Waals surface area (Å²) >= 11 is 0. The molecule has 2 aromatic heterocycles. The van der Waals surface area contributed by atoms with Crippen LogP contribution in [0.4, 0.5) is 19.0 Å². The van der Waals surface area contributed by atoms with E-state index in [1.54, 1.807) is 60.9 Å². The second kappa shape index (κ2) is 7.94. The molecule has 1 atom stereocenters. The zero-order chi connectivity index (χ0) is 25.1. The number of nitrogens with zero attached hydrogens (tertiary/aromatic N) is 4. The standard InChI is InChI=1S/C25H24F3N5O2/c1-24(2)17-11-15(25(26,27)28)5-6-16(17)19(8-9-35-24)32(3)23(34)14-4-7-18-20(10-14)33-13-30-12-21(33)22(29)31-18/h4-7,10-13,19H,8-9H2,1-3H3,(H2,29,31)/t19-/m1/s1. The molecule has 1 aliphatic heterocycles. The van der Waals surface area contributed by atoms with Crippen molar-refractivity contribution in [1.29, 1.82) is 0 Å². The summed E-state index contributed by atoms with van der Waals surface area (Å²) in [5.74, 6) is 0.0645. The van der Waals surface area contributed by atoms with Gasteiger partial charge < -0.3 is 15.4 Å². The summed E-state index contributed by atoms with van der Waals surface area (Å²) in [6.07, 6.45) is -0.827. The second-order valence-corrected chi connectivity index (χ2v) is 9.23. The highest BCUT2D eigenvalue weighted by atomic mass is 19.4. The van der Waals surface area contributed by atoms with Crippen molar-refractivity contribution < 1.29 is 22.7 Å². The lowest BCUT2D eigenvalue weighted by Gasteiger charge is -2.31. The molecule has 10 heteroatoms. The third-order valence-corrected chi connectivity index (χ3v) is 6.65. The van der Waals surface area contributed by atoms with E-state index >= 15 is 0 Å². The van der Waals surface area contributed by atoms with Gasteiger partial charge in [0.1, 0.15) is 11.3 Å². The third kappa shape index (κ3) is 3.87. The van der Waals surface area contributed by atoms with Crippen LogP contribution in [0.3, 0.4) is 0 Å². The zero-order valence-corrected chi connectivity index (χ0v) is 19.4. The number of alkyl halides is 3. The number of hydrogen-bond donors (Lipinski definition) is 1. The fraction of sp³-hybridized carbons (Fsp3) is 0.320. The van der Waals surface area contributed by atoms with E-state index in [9.17, 15) is 18.0 Å². The molecule has 5 rings (SSSR count). The summed E-state index contributed by atoms with van der Waals surface area (Å²) < 4.78 is 48.0. The lowest BCUT2D eigenvalue weighted by Crippen LogP contribution is -2.32. The largest absolute Gasteiger partial charge is 0.416 e. The summed E-state index contributed by atoms with van der Waals surface area (Å²) in [5.41, 5.74) is 7.72. The van der Waals surface area contributed by atoms with Crippen molar-refractivity contribution in [2.24, 2.45) is 0 Å². The number of nitrogens with two attached hydrogens (primary N) is 1. The number of carbonyl (C=O) groups is 1. The van der Waals surface area contributed by atoms with Crippen LogP contribution in [-0.2, 0) is 16.5 Å². The molecule has 0 spiro atoms. The highest BCUT2D eigenvalue weighted by Gasteiger charge is 2.38. The molecular weight excluding hydrogens is 459 g/mol. The van der Waals surface area contributed by atoms with Gasteiger partial charge in [-0.3, -0.25) is 9.20 Å². The Morgan fingerprint density at radius 2 is 1.97 bits per heavy atom. The molecule has 0 radical (unpaired) electrons.